The summed E-state index contributed by atoms with van der Waals surface area (Å²) in [4.78, 5) is 12.5. The molecule has 0 unspecified atom stereocenters. The highest BCUT2D eigenvalue weighted by Gasteiger charge is 2.10. The van der Waals surface area contributed by atoms with Crippen LogP contribution < -0.4 is 0 Å². The Morgan fingerprint density at radius 1 is 0.857 bits per heavy atom. The lowest BCUT2D eigenvalue weighted by Crippen LogP contribution is -2.06. The van der Waals surface area contributed by atoms with Crippen LogP contribution in [0.25, 0.3) is 10.8 Å². The van der Waals surface area contributed by atoms with E-state index in [1.807, 2.05) is 50.2 Å². The Balaban J connectivity index is 1.90. The average molecular weight is 274 g/mol. The van der Waals surface area contributed by atoms with Crippen molar-refractivity contribution in [3.63, 3.8) is 0 Å². The van der Waals surface area contributed by atoms with Crippen LogP contribution in [0.5, 0.6) is 0 Å². The Hall–Kier alpha value is -2.41. The zero-order valence-electron chi connectivity index (χ0n) is 12.4. The van der Waals surface area contributed by atoms with E-state index in [-0.39, 0.29) is 5.78 Å². The summed E-state index contributed by atoms with van der Waals surface area (Å²) < 4.78 is 0. The Kier molecular flexibility index (Phi) is 3.57. The van der Waals surface area contributed by atoms with Gasteiger partial charge >= 0.3 is 0 Å². The van der Waals surface area contributed by atoms with Crippen LogP contribution in [0.4, 0.5) is 0 Å². The second-order valence-electron chi connectivity index (χ2n) is 5.60. The number of ketones is 1. The molecule has 0 saturated carbocycles. The molecule has 0 saturated heterocycles. The van der Waals surface area contributed by atoms with E-state index in [1.54, 1.807) is 0 Å². The van der Waals surface area contributed by atoms with E-state index in [2.05, 4.69) is 24.3 Å². The summed E-state index contributed by atoms with van der Waals surface area (Å²) in [6.45, 7) is 4.01. The molecule has 21 heavy (non-hydrogen) atoms. The Labute approximate surface area is 125 Å². The molecule has 1 nitrogen and oxygen atoms in total. The molecule has 0 heterocycles. The number of carbonyl (C=O) groups excluding carboxylic acids is 1. The van der Waals surface area contributed by atoms with E-state index in [1.165, 1.54) is 10.8 Å². The van der Waals surface area contributed by atoms with Crippen LogP contribution in [0.15, 0.2) is 60.7 Å². The van der Waals surface area contributed by atoms with Crippen LogP contribution in [0.1, 0.15) is 27.0 Å². The van der Waals surface area contributed by atoms with Crippen LogP contribution in [0.3, 0.4) is 0 Å². The molecule has 0 amide bonds. The summed E-state index contributed by atoms with van der Waals surface area (Å²) in [7, 11) is 0. The number of carbonyl (C=O) groups is 1. The molecular formula is C20H18O. The maximum atomic E-state index is 12.5. The third kappa shape index (κ3) is 2.87. The minimum atomic E-state index is 0.187. The van der Waals surface area contributed by atoms with Gasteiger partial charge in [0.1, 0.15) is 0 Å². The van der Waals surface area contributed by atoms with Gasteiger partial charge in [0, 0.05) is 12.0 Å². The predicted octanol–water partition coefficient (Wildman–Crippen LogP) is 4.88. The normalized spacial score (nSPS) is 10.8. The smallest absolute Gasteiger partial charge is 0.167 e. The van der Waals surface area contributed by atoms with Gasteiger partial charge in [-0.1, -0.05) is 60.2 Å². The van der Waals surface area contributed by atoms with Crippen molar-refractivity contribution in [2.24, 2.45) is 0 Å². The van der Waals surface area contributed by atoms with Gasteiger partial charge in [-0.2, -0.15) is 0 Å². The van der Waals surface area contributed by atoms with Crippen molar-refractivity contribution < 1.29 is 4.79 Å². The lowest BCUT2D eigenvalue weighted by atomic mass is 9.96. The number of fused-ring (bicyclic) bond motifs is 1. The van der Waals surface area contributed by atoms with Crippen molar-refractivity contribution in [2.75, 3.05) is 0 Å². The first kappa shape index (κ1) is 13.6. The molecule has 0 bridgehead atoms. The first-order valence-corrected chi connectivity index (χ1v) is 7.21. The maximum Gasteiger partial charge on any atom is 0.167 e. The van der Waals surface area contributed by atoms with Gasteiger partial charge in [-0.05, 0) is 41.8 Å². The molecule has 0 N–H and O–H groups in total. The molecule has 3 rings (SSSR count). The van der Waals surface area contributed by atoms with Crippen molar-refractivity contribution in [3.05, 3.63) is 82.9 Å². The Bertz CT molecular complexity index is 815. The topological polar surface area (TPSA) is 17.1 Å². The van der Waals surface area contributed by atoms with Gasteiger partial charge in [-0.25, -0.2) is 0 Å². The van der Waals surface area contributed by atoms with E-state index in [4.69, 9.17) is 0 Å². The van der Waals surface area contributed by atoms with Crippen LogP contribution in [-0.4, -0.2) is 5.78 Å². The Morgan fingerprint density at radius 2 is 1.62 bits per heavy atom. The van der Waals surface area contributed by atoms with Gasteiger partial charge in [0.05, 0.1) is 0 Å². The monoisotopic (exact) mass is 274 g/mol. The number of benzene rings is 3. The second kappa shape index (κ2) is 5.53. The van der Waals surface area contributed by atoms with Crippen LogP contribution >= 0.6 is 0 Å². The van der Waals surface area contributed by atoms with Crippen molar-refractivity contribution in [1.82, 2.24) is 0 Å². The number of aryl methyl sites for hydroxylation is 2. The number of hydrogen-bond acceptors (Lipinski definition) is 1. The maximum absolute atomic E-state index is 12.5. The number of rotatable bonds is 3. The zero-order chi connectivity index (χ0) is 14.8. The van der Waals surface area contributed by atoms with Crippen LogP contribution in [-0.2, 0) is 6.42 Å². The molecule has 3 aromatic carbocycles. The van der Waals surface area contributed by atoms with Crippen molar-refractivity contribution >= 4 is 16.6 Å². The van der Waals surface area contributed by atoms with E-state index in [0.29, 0.717) is 6.42 Å². The fourth-order valence-electron chi connectivity index (χ4n) is 2.67. The summed E-state index contributed by atoms with van der Waals surface area (Å²) >= 11 is 0. The molecule has 104 valence electrons. The van der Waals surface area contributed by atoms with Gasteiger partial charge in [0.2, 0.25) is 0 Å². The van der Waals surface area contributed by atoms with Crippen LogP contribution in [0, 0.1) is 13.8 Å². The quantitative estimate of drug-likeness (QED) is 0.622. The third-order valence-corrected chi connectivity index (χ3v) is 3.87. The molecule has 0 spiro atoms. The minimum absolute atomic E-state index is 0.187. The summed E-state index contributed by atoms with van der Waals surface area (Å²) in [5, 5.41) is 2.39. The molecule has 0 aliphatic heterocycles. The van der Waals surface area contributed by atoms with E-state index >= 15 is 0 Å². The highest BCUT2D eigenvalue weighted by molar-refractivity contribution is 5.99. The lowest BCUT2D eigenvalue weighted by molar-refractivity contribution is 0.0992. The molecule has 0 atom stereocenters. The first-order chi connectivity index (χ1) is 10.1. The summed E-state index contributed by atoms with van der Waals surface area (Å²) in [6.07, 6.45) is 0.453. The molecule has 0 aromatic heterocycles. The van der Waals surface area contributed by atoms with E-state index < -0.39 is 0 Å². The van der Waals surface area contributed by atoms with E-state index in [9.17, 15) is 4.79 Å². The fourth-order valence-corrected chi connectivity index (χ4v) is 2.67. The van der Waals surface area contributed by atoms with Gasteiger partial charge in [-0.15, -0.1) is 0 Å². The standard InChI is InChI=1S/C20H18O/c1-14-7-8-15(2)19(11-14)20(21)13-16-9-10-17-5-3-4-6-18(17)12-16/h3-12H,13H2,1-2H3. The highest BCUT2D eigenvalue weighted by atomic mass is 16.1. The van der Waals surface area contributed by atoms with Gasteiger partial charge < -0.3 is 0 Å². The molecule has 0 fully saturated rings. The van der Waals surface area contributed by atoms with Gasteiger partial charge in [-0.3, -0.25) is 4.79 Å². The summed E-state index contributed by atoms with van der Waals surface area (Å²) in [5.74, 6) is 0.187. The second-order valence-corrected chi connectivity index (χ2v) is 5.60. The molecule has 0 aliphatic carbocycles. The van der Waals surface area contributed by atoms with Crippen molar-refractivity contribution in [1.29, 1.82) is 0 Å². The van der Waals surface area contributed by atoms with E-state index in [0.717, 1.165) is 22.3 Å². The summed E-state index contributed by atoms with van der Waals surface area (Å²) in [6, 6.07) is 20.5. The van der Waals surface area contributed by atoms with Crippen molar-refractivity contribution in [3.8, 4) is 0 Å². The number of hydrogen-bond donors (Lipinski definition) is 0. The van der Waals surface area contributed by atoms with Crippen molar-refractivity contribution in [2.45, 2.75) is 20.3 Å². The highest BCUT2D eigenvalue weighted by Crippen LogP contribution is 2.18. The van der Waals surface area contributed by atoms with Gasteiger partial charge in [0.15, 0.2) is 5.78 Å². The molecule has 1 heteroatoms. The molecule has 0 aliphatic rings. The lowest BCUT2D eigenvalue weighted by Gasteiger charge is -2.07. The van der Waals surface area contributed by atoms with Gasteiger partial charge in [0.25, 0.3) is 0 Å². The fraction of sp³-hybridized carbons (Fsp3) is 0.150. The average Bonchev–Trinajstić information content (AvgIpc) is 2.49. The minimum Gasteiger partial charge on any atom is -0.294 e. The molecule has 0 radical (unpaired) electrons. The first-order valence-electron chi connectivity index (χ1n) is 7.21. The number of Topliss-reactive ketones (excluding diaryl/α,β-unsaturated/α-hetero) is 1. The molecular weight excluding hydrogens is 256 g/mol. The molecule has 3 aromatic rings. The third-order valence-electron chi connectivity index (χ3n) is 3.87. The zero-order valence-corrected chi connectivity index (χ0v) is 12.4. The SMILES string of the molecule is Cc1ccc(C)c(C(=O)Cc2ccc3ccccc3c2)c1. The Morgan fingerprint density at radius 3 is 2.43 bits per heavy atom. The summed E-state index contributed by atoms with van der Waals surface area (Å²) in [5.41, 5.74) is 4.08. The largest absolute Gasteiger partial charge is 0.294 e. The van der Waals surface area contributed by atoms with Crippen LogP contribution in [0.2, 0.25) is 0 Å². The predicted molar refractivity (Wildman–Crippen MR) is 87.9 cm³/mol.